The Morgan fingerprint density at radius 3 is 2.29 bits per heavy atom. The molecule has 1 heterocycles. The van der Waals surface area contributed by atoms with E-state index in [9.17, 15) is 5.11 Å². The third-order valence-corrected chi connectivity index (χ3v) is 4.70. The van der Waals surface area contributed by atoms with Crippen LogP contribution in [0.5, 0.6) is 0 Å². The summed E-state index contributed by atoms with van der Waals surface area (Å²) < 4.78 is 5.52. The van der Waals surface area contributed by atoms with Crippen LogP contribution >= 0.6 is 0 Å². The molecule has 3 rings (SSSR count). The molecule has 1 aliphatic rings. The van der Waals surface area contributed by atoms with Crippen molar-refractivity contribution in [1.29, 1.82) is 0 Å². The standard InChI is InChI=1S/C19H24O2/c1-13-12-18(14(2)21-13)19(20)17-10-8-16(9-11-17)15-6-4-3-5-7-15/h8-12,15,19-20H,3-7H2,1-2H3. The first-order chi connectivity index (χ1) is 10.1. The molecule has 1 unspecified atom stereocenters. The van der Waals surface area contributed by atoms with Gasteiger partial charge < -0.3 is 9.52 Å². The van der Waals surface area contributed by atoms with E-state index in [2.05, 4.69) is 24.3 Å². The second-order valence-electron chi connectivity index (χ2n) is 6.27. The molecule has 21 heavy (non-hydrogen) atoms. The average molecular weight is 284 g/mol. The van der Waals surface area contributed by atoms with Gasteiger partial charge in [-0.3, -0.25) is 0 Å². The normalized spacial score (nSPS) is 17.9. The van der Waals surface area contributed by atoms with Crippen molar-refractivity contribution in [3.05, 3.63) is 58.5 Å². The SMILES string of the molecule is Cc1cc(C(O)c2ccc(C3CCCCC3)cc2)c(C)o1. The summed E-state index contributed by atoms with van der Waals surface area (Å²) in [5.74, 6) is 2.36. The van der Waals surface area contributed by atoms with Gasteiger partial charge in [-0.2, -0.15) is 0 Å². The maximum absolute atomic E-state index is 10.5. The Morgan fingerprint density at radius 1 is 1.05 bits per heavy atom. The molecule has 1 atom stereocenters. The topological polar surface area (TPSA) is 33.4 Å². The predicted molar refractivity (Wildman–Crippen MR) is 84.5 cm³/mol. The van der Waals surface area contributed by atoms with Crippen molar-refractivity contribution < 1.29 is 9.52 Å². The summed E-state index contributed by atoms with van der Waals surface area (Å²) in [6.07, 6.45) is 6.10. The highest BCUT2D eigenvalue weighted by Gasteiger charge is 2.18. The van der Waals surface area contributed by atoms with Gasteiger partial charge in [0.1, 0.15) is 17.6 Å². The summed E-state index contributed by atoms with van der Waals surface area (Å²) in [5, 5.41) is 10.5. The van der Waals surface area contributed by atoms with Crippen LogP contribution < -0.4 is 0 Å². The monoisotopic (exact) mass is 284 g/mol. The van der Waals surface area contributed by atoms with E-state index in [-0.39, 0.29) is 0 Å². The molecular weight excluding hydrogens is 260 g/mol. The number of rotatable bonds is 3. The first kappa shape index (κ1) is 14.4. The molecular formula is C19H24O2. The van der Waals surface area contributed by atoms with Gasteiger partial charge in [0, 0.05) is 5.56 Å². The Bertz CT molecular complexity index is 589. The number of aliphatic hydroxyl groups is 1. The number of hydrogen-bond acceptors (Lipinski definition) is 2. The fourth-order valence-corrected chi connectivity index (χ4v) is 3.49. The van der Waals surface area contributed by atoms with Crippen LogP contribution in [0.25, 0.3) is 0 Å². The molecule has 2 nitrogen and oxygen atoms in total. The average Bonchev–Trinajstić information content (AvgIpc) is 2.86. The summed E-state index contributed by atoms with van der Waals surface area (Å²) in [5.41, 5.74) is 3.24. The molecule has 0 amide bonds. The molecule has 0 aliphatic heterocycles. The van der Waals surface area contributed by atoms with Gasteiger partial charge in [-0.1, -0.05) is 43.5 Å². The minimum Gasteiger partial charge on any atom is -0.466 e. The van der Waals surface area contributed by atoms with Crippen LogP contribution in [-0.2, 0) is 0 Å². The molecule has 1 saturated carbocycles. The van der Waals surface area contributed by atoms with E-state index in [4.69, 9.17) is 4.42 Å². The number of benzene rings is 1. The molecule has 0 bridgehead atoms. The van der Waals surface area contributed by atoms with E-state index in [0.717, 1.165) is 22.6 Å². The number of furan rings is 1. The van der Waals surface area contributed by atoms with E-state index in [1.165, 1.54) is 37.7 Å². The van der Waals surface area contributed by atoms with Crippen molar-refractivity contribution in [3.63, 3.8) is 0 Å². The molecule has 0 saturated heterocycles. The van der Waals surface area contributed by atoms with Gasteiger partial charge in [-0.15, -0.1) is 0 Å². The van der Waals surface area contributed by atoms with Crippen LogP contribution in [0.3, 0.4) is 0 Å². The van der Waals surface area contributed by atoms with Gasteiger partial charge in [-0.05, 0) is 49.8 Å². The quantitative estimate of drug-likeness (QED) is 0.858. The highest BCUT2D eigenvalue weighted by molar-refractivity contribution is 5.35. The second-order valence-corrected chi connectivity index (χ2v) is 6.27. The number of hydrogen-bond donors (Lipinski definition) is 1. The molecule has 112 valence electrons. The van der Waals surface area contributed by atoms with Crippen molar-refractivity contribution >= 4 is 0 Å². The third-order valence-electron chi connectivity index (χ3n) is 4.70. The Balaban J connectivity index is 1.78. The molecule has 1 aromatic heterocycles. The second kappa shape index (κ2) is 6.07. The zero-order valence-electron chi connectivity index (χ0n) is 12.9. The Hall–Kier alpha value is -1.54. The van der Waals surface area contributed by atoms with Crippen LogP contribution in [0.15, 0.2) is 34.7 Å². The van der Waals surface area contributed by atoms with Crippen molar-refractivity contribution in [3.8, 4) is 0 Å². The number of aryl methyl sites for hydroxylation is 2. The first-order valence-electron chi connectivity index (χ1n) is 8.00. The van der Waals surface area contributed by atoms with E-state index in [1.807, 2.05) is 19.9 Å². The minimum absolute atomic E-state index is 0.595. The van der Waals surface area contributed by atoms with Crippen molar-refractivity contribution in [2.45, 2.75) is 58.0 Å². The molecule has 0 spiro atoms. The fraction of sp³-hybridized carbons (Fsp3) is 0.474. The van der Waals surface area contributed by atoms with Crippen molar-refractivity contribution in [1.82, 2.24) is 0 Å². The zero-order chi connectivity index (χ0) is 14.8. The third kappa shape index (κ3) is 3.06. The van der Waals surface area contributed by atoms with Crippen LogP contribution in [0.1, 0.15) is 72.3 Å². The van der Waals surface area contributed by atoms with E-state index >= 15 is 0 Å². The van der Waals surface area contributed by atoms with Gasteiger partial charge in [0.25, 0.3) is 0 Å². The summed E-state index contributed by atoms with van der Waals surface area (Å²) >= 11 is 0. The smallest absolute Gasteiger partial charge is 0.107 e. The van der Waals surface area contributed by atoms with E-state index in [0.29, 0.717) is 5.92 Å². The minimum atomic E-state index is -0.595. The predicted octanol–water partition coefficient (Wildman–Crippen LogP) is 5.03. The molecule has 0 radical (unpaired) electrons. The lowest BCUT2D eigenvalue weighted by atomic mass is 9.83. The van der Waals surface area contributed by atoms with E-state index in [1.54, 1.807) is 0 Å². The van der Waals surface area contributed by atoms with Gasteiger partial charge in [0.15, 0.2) is 0 Å². The molecule has 1 N–H and O–H groups in total. The molecule has 2 heteroatoms. The van der Waals surface area contributed by atoms with Gasteiger partial charge in [0.05, 0.1) is 0 Å². The van der Waals surface area contributed by atoms with Crippen LogP contribution in [-0.4, -0.2) is 5.11 Å². The van der Waals surface area contributed by atoms with Gasteiger partial charge >= 0.3 is 0 Å². The maximum Gasteiger partial charge on any atom is 0.107 e. The lowest BCUT2D eigenvalue weighted by Crippen LogP contribution is -2.05. The summed E-state index contributed by atoms with van der Waals surface area (Å²) in [4.78, 5) is 0. The summed E-state index contributed by atoms with van der Waals surface area (Å²) in [6.45, 7) is 3.82. The maximum atomic E-state index is 10.5. The summed E-state index contributed by atoms with van der Waals surface area (Å²) in [7, 11) is 0. The van der Waals surface area contributed by atoms with Gasteiger partial charge in [0.2, 0.25) is 0 Å². The first-order valence-corrected chi connectivity index (χ1v) is 8.00. The molecule has 1 fully saturated rings. The zero-order valence-corrected chi connectivity index (χ0v) is 12.9. The molecule has 1 aliphatic carbocycles. The van der Waals surface area contributed by atoms with Crippen LogP contribution in [0, 0.1) is 13.8 Å². The number of aliphatic hydroxyl groups excluding tert-OH is 1. The highest BCUT2D eigenvalue weighted by atomic mass is 16.3. The highest BCUT2D eigenvalue weighted by Crippen LogP contribution is 2.34. The molecule has 2 aromatic rings. The molecule has 1 aromatic carbocycles. The summed E-state index contributed by atoms with van der Waals surface area (Å²) in [6, 6.07) is 10.4. The Labute approximate surface area is 126 Å². The Morgan fingerprint density at radius 2 is 1.71 bits per heavy atom. The Kier molecular flexibility index (Phi) is 4.16. The van der Waals surface area contributed by atoms with Gasteiger partial charge in [-0.25, -0.2) is 0 Å². The lowest BCUT2D eigenvalue weighted by Gasteiger charge is -2.22. The lowest BCUT2D eigenvalue weighted by molar-refractivity contribution is 0.218. The van der Waals surface area contributed by atoms with Crippen LogP contribution in [0.4, 0.5) is 0 Å². The fourth-order valence-electron chi connectivity index (χ4n) is 3.49. The van der Waals surface area contributed by atoms with Crippen molar-refractivity contribution in [2.75, 3.05) is 0 Å². The van der Waals surface area contributed by atoms with Crippen molar-refractivity contribution in [2.24, 2.45) is 0 Å². The van der Waals surface area contributed by atoms with Crippen LogP contribution in [0.2, 0.25) is 0 Å². The van der Waals surface area contributed by atoms with E-state index < -0.39 is 6.10 Å². The largest absolute Gasteiger partial charge is 0.466 e.